The molecule has 1 aliphatic heterocycles. The maximum absolute atomic E-state index is 12.3. The molecule has 2 rings (SSSR count). The predicted octanol–water partition coefficient (Wildman–Crippen LogP) is 2.26. The van der Waals surface area contributed by atoms with Gasteiger partial charge in [-0.3, -0.25) is 4.79 Å². The summed E-state index contributed by atoms with van der Waals surface area (Å²) < 4.78 is 25.8. The summed E-state index contributed by atoms with van der Waals surface area (Å²) in [5.41, 5.74) is 0. The number of hydrogen-bond donors (Lipinski definition) is 0. The normalized spacial score (nSPS) is 21.1. The first-order chi connectivity index (χ1) is 8.43. The van der Waals surface area contributed by atoms with E-state index in [-0.39, 0.29) is 4.90 Å². The number of sulfonamides is 1. The second-order valence-electron chi connectivity index (χ2n) is 4.03. The summed E-state index contributed by atoms with van der Waals surface area (Å²) in [4.78, 5) is 11.3. The van der Waals surface area contributed by atoms with E-state index in [4.69, 9.17) is 23.2 Å². The van der Waals surface area contributed by atoms with Crippen molar-refractivity contribution >= 4 is 38.5 Å². The van der Waals surface area contributed by atoms with E-state index in [1.54, 1.807) is 0 Å². The Balaban J connectivity index is 2.36. The molecule has 1 fully saturated rings. The van der Waals surface area contributed by atoms with E-state index in [1.165, 1.54) is 24.3 Å². The smallest absolute Gasteiger partial charge is 0.243 e. The van der Waals surface area contributed by atoms with Crippen LogP contribution >= 0.6 is 23.2 Å². The molecule has 1 unspecified atom stereocenters. The van der Waals surface area contributed by atoms with Crippen molar-refractivity contribution in [3.8, 4) is 0 Å². The maximum Gasteiger partial charge on any atom is 0.243 e. The number of carbonyl (C=O) groups excluding carboxylic acids is 1. The molecule has 1 aromatic rings. The van der Waals surface area contributed by atoms with Crippen LogP contribution in [0, 0.1) is 0 Å². The molecule has 1 saturated heterocycles. The van der Waals surface area contributed by atoms with Gasteiger partial charge in [-0.05, 0) is 48.7 Å². The number of carbonyl (C=O) groups is 1. The molecule has 0 bridgehead atoms. The molecule has 18 heavy (non-hydrogen) atoms. The van der Waals surface area contributed by atoms with Gasteiger partial charge in [-0.25, -0.2) is 8.42 Å². The molecule has 0 N–H and O–H groups in total. The van der Waals surface area contributed by atoms with Crippen LogP contribution in [0.3, 0.4) is 0 Å². The lowest BCUT2D eigenvalue weighted by atomic mass is 10.2. The molecule has 1 aromatic carbocycles. The topological polar surface area (TPSA) is 54.5 Å². The minimum atomic E-state index is -3.68. The molecule has 0 amide bonds. The lowest BCUT2D eigenvalue weighted by molar-refractivity contribution is -0.114. The largest absolute Gasteiger partial charge is 0.279 e. The quantitative estimate of drug-likeness (QED) is 0.805. The molecule has 0 saturated carbocycles. The van der Waals surface area contributed by atoms with Gasteiger partial charge < -0.3 is 0 Å². The van der Waals surface area contributed by atoms with Crippen molar-refractivity contribution in [1.82, 2.24) is 4.31 Å². The van der Waals surface area contributed by atoms with E-state index in [0.717, 1.165) is 4.31 Å². The van der Waals surface area contributed by atoms with Crippen molar-refractivity contribution in [3.63, 3.8) is 0 Å². The average Bonchev–Trinajstić information content (AvgIpc) is 2.79. The van der Waals surface area contributed by atoms with Gasteiger partial charge in [-0.2, -0.15) is 4.31 Å². The maximum atomic E-state index is 12.3. The summed E-state index contributed by atoms with van der Waals surface area (Å²) in [5.74, 6) is 0. The molecular weight excluding hydrogens is 297 g/mol. The summed E-state index contributed by atoms with van der Waals surface area (Å²) in [6.45, 7) is 0.314. The standard InChI is InChI=1S/C11H11Cl2NO3S/c12-8-3-5-9(6-4-8)18(16,17)14-7-1-2-10(14)11(13)15/h3-6,10H,1-2,7H2. The van der Waals surface area contributed by atoms with E-state index in [0.29, 0.717) is 24.4 Å². The highest BCUT2D eigenvalue weighted by Crippen LogP contribution is 2.27. The molecule has 4 nitrogen and oxygen atoms in total. The van der Waals surface area contributed by atoms with Crippen molar-refractivity contribution in [2.24, 2.45) is 0 Å². The Bertz CT molecular complexity index is 556. The molecule has 0 aliphatic carbocycles. The van der Waals surface area contributed by atoms with E-state index in [2.05, 4.69) is 0 Å². The van der Waals surface area contributed by atoms with Crippen molar-refractivity contribution in [1.29, 1.82) is 0 Å². The molecule has 1 atom stereocenters. The Kier molecular flexibility index (Phi) is 3.96. The number of hydrogen-bond acceptors (Lipinski definition) is 3. The summed E-state index contributed by atoms with van der Waals surface area (Å²) in [5, 5.41) is -0.176. The Morgan fingerprint density at radius 1 is 1.28 bits per heavy atom. The Morgan fingerprint density at radius 3 is 2.44 bits per heavy atom. The van der Waals surface area contributed by atoms with Crippen LogP contribution in [-0.4, -0.2) is 30.6 Å². The first-order valence-electron chi connectivity index (χ1n) is 5.39. The van der Waals surface area contributed by atoms with Gasteiger partial charge in [0.15, 0.2) is 0 Å². The summed E-state index contributed by atoms with van der Waals surface area (Å²) in [6.07, 6.45) is 1.10. The van der Waals surface area contributed by atoms with Gasteiger partial charge >= 0.3 is 0 Å². The fourth-order valence-corrected chi connectivity index (χ4v) is 4.06. The minimum absolute atomic E-state index is 0.122. The first kappa shape index (κ1) is 13.8. The number of halogens is 2. The zero-order chi connectivity index (χ0) is 13.3. The first-order valence-corrected chi connectivity index (χ1v) is 7.59. The van der Waals surface area contributed by atoms with Crippen molar-refractivity contribution in [3.05, 3.63) is 29.3 Å². The monoisotopic (exact) mass is 307 g/mol. The number of benzene rings is 1. The third-order valence-electron chi connectivity index (χ3n) is 2.89. The van der Waals surface area contributed by atoms with E-state index in [9.17, 15) is 13.2 Å². The lowest BCUT2D eigenvalue weighted by Gasteiger charge is -2.21. The molecule has 1 heterocycles. The van der Waals surface area contributed by atoms with E-state index >= 15 is 0 Å². The van der Waals surface area contributed by atoms with Gasteiger partial charge in [0, 0.05) is 11.6 Å². The molecule has 7 heteroatoms. The van der Waals surface area contributed by atoms with Crippen molar-refractivity contribution in [2.45, 2.75) is 23.8 Å². The van der Waals surface area contributed by atoms with Crippen LogP contribution in [0.15, 0.2) is 29.2 Å². The molecule has 0 radical (unpaired) electrons. The highest BCUT2D eigenvalue weighted by Gasteiger charge is 2.38. The second-order valence-corrected chi connectivity index (χ2v) is 6.73. The van der Waals surface area contributed by atoms with Crippen molar-refractivity contribution < 1.29 is 13.2 Å². The Hall–Kier alpha value is -0.620. The van der Waals surface area contributed by atoms with Gasteiger partial charge in [0.2, 0.25) is 15.3 Å². The Labute approximate surface area is 116 Å². The minimum Gasteiger partial charge on any atom is -0.279 e. The van der Waals surface area contributed by atoms with Crippen LogP contribution in [-0.2, 0) is 14.8 Å². The van der Waals surface area contributed by atoms with Crippen LogP contribution in [0.4, 0.5) is 0 Å². The molecule has 0 spiro atoms. The summed E-state index contributed by atoms with van der Waals surface area (Å²) in [6, 6.07) is 5.09. The van der Waals surface area contributed by atoms with Gasteiger partial charge in [0.05, 0.1) is 10.9 Å². The van der Waals surface area contributed by atoms with Crippen LogP contribution in [0.1, 0.15) is 12.8 Å². The van der Waals surface area contributed by atoms with Crippen LogP contribution in [0.2, 0.25) is 5.02 Å². The zero-order valence-electron chi connectivity index (χ0n) is 9.34. The van der Waals surface area contributed by atoms with Crippen LogP contribution in [0.5, 0.6) is 0 Å². The van der Waals surface area contributed by atoms with Crippen molar-refractivity contribution in [2.75, 3.05) is 6.54 Å². The number of rotatable bonds is 3. The third kappa shape index (κ3) is 2.54. The van der Waals surface area contributed by atoms with Gasteiger partial charge in [0.25, 0.3) is 0 Å². The highest BCUT2D eigenvalue weighted by molar-refractivity contribution is 7.89. The fourth-order valence-electron chi connectivity index (χ4n) is 2.00. The van der Waals surface area contributed by atoms with Gasteiger partial charge in [-0.15, -0.1) is 0 Å². The summed E-state index contributed by atoms with van der Waals surface area (Å²) >= 11 is 11.1. The zero-order valence-corrected chi connectivity index (χ0v) is 11.7. The predicted molar refractivity (Wildman–Crippen MR) is 69.2 cm³/mol. The van der Waals surface area contributed by atoms with Crippen LogP contribution < -0.4 is 0 Å². The highest BCUT2D eigenvalue weighted by atomic mass is 35.5. The second kappa shape index (κ2) is 5.17. The molecule has 98 valence electrons. The van der Waals surface area contributed by atoms with Crippen LogP contribution in [0.25, 0.3) is 0 Å². The molecular formula is C11H11Cl2NO3S. The Morgan fingerprint density at radius 2 is 1.89 bits per heavy atom. The van der Waals surface area contributed by atoms with Gasteiger partial charge in [-0.1, -0.05) is 11.6 Å². The SMILES string of the molecule is O=C(Cl)C1CCCN1S(=O)(=O)c1ccc(Cl)cc1. The molecule has 1 aliphatic rings. The van der Waals surface area contributed by atoms with E-state index < -0.39 is 21.3 Å². The fraction of sp³-hybridized carbons (Fsp3) is 0.364. The average molecular weight is 308 g/mol. The van der Waals surface area contributed by atoms with E-state index in [1.807, 2.05) is 0 Å². The number of nitrogens with zero attached hydrogens (tertiary/aromatic N) is 1. The lowest BCUT2D eigenvalue weighted by Crippen LogP contribution is -2.38. The molecule has 0 aromatic heterocycles. The summed E-state index contributed by atoms with van der Waals surface area (Å²) in [7, 11) is -3.68. The van der Waals surface area contributed by atoms with Gasteiger partial charge in [0.1, 0.15) is 0 Å². The third-order valence-corrected chi connectivity index (χ3v) is 5.31.